The first kappa shape index (κ1) is 26.0. The number of carbonyl (C=O) groups is 2. The average Bonchev–Trinajstić information content (AvgIpc) is 3.21. The van der Waals surface area contributed by atoms with Crippen molar-refractivity contribution < 1.29 is 32.6 Å². The van der Waals surface area contributed by atoms with Gasteiger partial charge in [0.05, 0.1) is 12.2 Å². The molecule has 4 rings (SSSR count). The zero-order chi connectivity index (χ0) is 24.6. The molecule has 1 spiro atoms. The number of carboxylic acid groups (broad SMARTS) is 1. The minimum absolute atomic E-state index is 0.00972. The maximum atomic E-state index is 12.6. The van der Waals surface area contributed by atoms with E-state index in [1.807, 2.05) is 46.6 Å². The minimum Gasteiger partial charge on any atom is -0.475 e. The number of nitrogens with zero attached hydrogens (tertiary/aromatic N) is 2. The number of anilines is 1. The molecule has 0 saturated carbocycles. The van der Waals surface area contributed by atoms with Crippen molar-refractivity contribution in [2.75, 3.05) is 38.1 Å². The van der Waals surface area contributed by atoms with Crippen LogP contribution in [0.15, 0.2) is 47.8 Å². The number of carbonyl (C=O) groups excluding carboxylic acids is 1. The summed E-state index contributed by atoms with van der Waals surface area (Å²) in [5.41, 5.74) is 0.731. The van der Waals surface area contributed by atoms with E-state index in [0.29, 0.717) is 0 Å². The summed E-state index contributed by atoms with van der Waals surface area (Å²) in [5.74, 6) is -2.76. The fraction of sp³-hybridized carbons (Fsp3) is 0.478. The highest BCUT2D eigenvalue weighted by atomic mass is 32.1. The van der Waals surface area contributed by atoms with Crippen molar-refractivity contribution >= 4 is 29.0 Å². The Kier molecular flexibility index (Phi) is 8.92. The number of amides is 2. The van der Waals surface area contributed by atoms with E-state index in [0.717, 1.165) is 64.3 Å². The molecule has 2 aromatic rings. The number of para-hydroxylation sites is 1. The zero-order valence-corrected chi connectivity index (χ0v) is 19.4. The quantitative estimate of drug-likeness (QED) is 0.642. The lowest BCUT2D eigenvalue weighted by Crippen LogP contribution is -2.52. The van der Waals surface area contributed by atoms with Crippen LogP contribution in [0.5, 0.6) is 0 Å². The Morgan fingerprint density at radius 3 is 2.47 bits per heavy atom. The van der Waals surface area contributed by atoms with Gasteiger partial charge in [0.15, 0.2) is 0 Å². The molecular weight excluding hydrogens is 471 g/mol. The van der Waals surface area contributed by atoms with Crippen molar-refractivity contribution in [3.63, 3.8) is 0 Å². The number of likely N-dealkylation sites (tertiary alicyclic amines) is 1. The van der Waals surface area contributed by atoms with Crippen LogP contribution in [0, 0.1) is 0 Å². The summed E-state index contributed by atoms with van der Waals surface area (Å²) in [7, 11) is 0. The topological polar surface area (TPSA) is 82.1 Å². The van der Waals surface area contributed by atoms with Crippen molar-refractivity contribution in [2.45, 2.75) is 37.6 Å². The Balaban J connectivity index is 0.000000406. The van der Waals surface area contributed by atoms with Gasteiger partial charge in [-0.2, -0.15) is 13.2 Å². The number of aliphatic carboxylic acids is 1. The second-order valence-electron chi connectivity index (χ2n) is 8.26. The van der Waals surface area contributed by atoms with E-state index in [1.165, 1.54) is 4.88 Å². The van der Waals surface area contributed by atoms with Crippen molar-refractivity contribution in [2.24, 2.45) is 0 Å². The molecule has 34 heavy (non-hydrogen) atoms. The van der Waals surface area contributed by atoms with Gasteiger partial charge >= 0.3 is 18.2 Å². The Morgan fingerprint density at radius 1 is 1.09 bits per heavy atom. The van der Waals surface area contributed by atoms with Gasteiger partial charge in [0, 0.05) is 43.3 Å². The molecule has 2 N–H and O–H groups in total. The van der Waals surface area contributed by atoms with Gasteiger partial charge in [-0.05, 0) is 42.8 Å². The summed E-state index contributed by atoms with van der Waals surface area (Å²) < 4.78 is 38.0. The van der Waals surface area contributed by atoms with Gasteiger partial charge in [-0.15, -0.1) is 11.3 Å². The number of urea groups is 1. The maximum absolute atomic E-state index is 12.6. The van der Waals surface area contributed by atoms with Crippen molar-refractivity contribution in [3.8, 4) is 0 Å². The smallest absolute Gasteiger partial charge is 0.475 e. The van der Waals surface area contributed by atoms with E-state index >= 15 is 0 Å². The molecule has 2 amide bonds. The number of alkyl halides is 3. The van der Waals surface area contributed by atoms with Crippen LogP contribution in [0.4, 0.5) is 23.7 Å². The molecule has 2 saturated heterocycles. The highest BCUT2D eigenvalue weighted by Gasteiger charge is 2.39. The summed E-state index contributed by atoms with van der Waals surface area (Å²) in [6, 6.07) is 14.0. The summed E-state index contributed by atoms with van der Waals surface area (Å²) in [4.78, 5) is 27.4. The number of hydrogen-bond donors (Lipinski definition) is 2. The molecule has 2 aliphatic heterocycles. The highest BCUT2D eigenvalue weighted by molar-refractivity contribution is 7.09. The van der Waals surface area contributed by atoms with Crippen molar-refractivity contribution in [1.29, 1.82) is 0 Å². The van der Waals surface area contributed by atoms with Crippen molar-refractivity contribution in [3.05, 3.63) is 52.7 Å². The van der Waals surface area contributed by atoms with Crippen LogP contribution >= 0.6 is 11.3 Å². The number of carboxylic acids is 1. The molecule has 0 aliphatic carbocycles. The van der Waals surface area contributed by atoms with E-state index in [2.05, 4.69) is 27.7 Å². The monoisotopic (exact) mass is 499 g/mol. The van der Waals surface area contributed by atoms with Gasteiger partial charge in [0.2, 0.25) is 0 Å². The van der Waals surface area contributed by atoms with Crippen LogP contribution in [-0.2, 0) is 16.1 Å². The predicted octanol–water partition coefficient (Wildman–Crippen LogP) is 4.67. The second kappa shape index (κ2) is 11.7. The van der Waals surface area contributed by atoms with Crippen LogP contribution in [0.2, 0.25) is 0 Å². The first-order chi connectivity index (χ1) is 16.2. The summed E-state index contributed by atoms with van der Waals surface area (Å²) in [6.07, 6.45) is -2.19. The van der Waals surface area contributed by atoms with Gasteiger partial charge < -0.3 is 20.1 Å². The number of halogens is 3. The van der Waals surface area contributed by atoms with Crippen LogP contribution in [0.1, 0.15) is 24.1 Å². The van der Waals surface area contributed by atoms with Crippen LogP contribution < -0.4 is 5.32 Å². The number of thiophene rings is 1. The molecule has 0 bridgehead atoms. The Morgan fingerprint density at radius 2 is 1.82 bits per heavy atom. The summed E-state index contributed by atoms with van der Waals surface area (Å²) in [6.45, 7) is 5.25. The maximum Gasteiger partial charge on any atom is 0.490 e. The molecule has 1 aromatic heterocycles. The van der Waals surface area contributed by atoms with Gasteiger partial charge in [-0.3, -0.25) is 4.90 Å². The average molecular weight is 500 g/mol. The van der Waals surface area contributed by atoms with E-state index in [1.54, 1.807) is 0 Å². The Bertz CT molecular complexity index is 927. The van der Waals surface area contributed by atoms with Crippen LogP contribution in [-0.4, -0.2) is 71.5 Å². The van der Waals surface area contributed by atoms with E-state index in [-0.39, 0.29) is 11.6 Å². The van der Waals surface area contributed by atoms with Gasteiger partial charge in [-0.25, -0.2) is 9.59 Å². The molecule has 3 heterocycles. The largest absolute Gasteiger partial charge is 0.490 e. The van der Waals surface area contributed by atoms with E-state index in [4.69, 9.17) is 14.6 Å². The Labute approximate surface area is 200 Å². The molecule has 1 aromatic carbocycles. The standard InChI is InChI=1S/C21H27N3O2S.C2HF3O2/c25-20(22-18-6-2-1-3-7-18)24-11-5-9-21(10-12-24)17-23(13-14-26-21)16-19-8-4-15-27-19;3-2(4,5)1(6)7/h1-4,6-8,15H,5,9-14,16-17H2,(H,22,25);(H,6,7). The number of hydrogen-bond acceptors (Lipinski definition) is 5. The zero-order valence-electron chi connectivity index (χ0n) is 18.6. The third-order valence-corrected chi connectivity index (χ3v) is 6.60. The second-order valence-corrected chi connectivity index (χ2v) is 9.29. The minimum atomic E-state index is -5.08. The predicted molar refractivity (Wildman–Crippen MR) is 123 cm³/mol. The first-order valence-corrected chi connectivity index (χ1v) is 11.8. The first-order valence-electron chi connectivity index (χ1n) is 11.0. The van der Waals surface area contributed by atoms with Gasteiger partial charge in [0.1, 0.15) is 0 Å². The molecule has 1 atom stereocenters. The third-order valence-electron chi connectivity index (χ3n) is 5.74. The molecule has 1 unspecified atom stereocenters. The highest BCUT2D eigenvalue weighted by Crippen LogP contribution is 2.31. The van der Waals surface area contributed by atoms with E-state index in [9.17, 15) is 18.0 Å². The number of benzene rings is 1. The lowest BCUT2D eigenvalue weighted by atomic mass is 9.92. The SMILES string of the molecule is O=C(Nc1ccccc1)N1CCCC2(CC1)CN(Cc1cccs1)CCO2.O=C(O)C(F)(F)F. The fourth-order valence-corrected chi connectivity index (χ4v) is 4.82. The third kappa shape index (κ3) is 7.71. The Hall–Kier alpha value is -2.63. The summed E-state index contributed by atoms with van der Waals surface area (Å²) >= 11 is 1.82. The molecule has 2 aliphatic rings. The van der Waals surface area contributed by atoms with Gasteiger partial charge in [0.25, 0.3) is 0 Å². The van der Waals surface area contributed by atoms with Crippen LogP contribution in [0.3, 0.4) is 0 Å². The normalized spacial score (nSPS) is 21.3. The molecule has 2 fully saturated rings. The number of rotatable bonds is 3. The molecule has 186 valence electrons. The number of ether oxygens (including phenoxy) is 1. The molecular formula is C23H28F3N3O4S. The summed E-state index contributed by atoms with van der Waals surface area (Å²) in [5, 5.41) is 12.3. The fourth-order valence-electron chi connectivity index (χ4n) is 4.08. The number of nitrogens with one attached hydrogen (secondary N) is 1. The van der Waals surface area contributed by atoms with Crippen molar-refractivity contribution in [1.82, 2.24) is 9.80 Å². The molecule has 0 radical (unpaired) electrons. The van der Waals surface area contributed by atoms with Crippen LogP contribution in [0.25, 0.3) is 0 Å². The lowest BCUT2D eigenvalue weighted by Gasteiger charge is -2.42. The molecule has 11 heteroatoms. The lowest BCUT2D eigenvalue weighted by molar-refractivity contribution is -0.192. The number of morpholine rings is 1. The van der Waals surface area contributed by atoms with E-state index < -0.39 is 12.1 Å². The van der Waals surface area contributed by atoms with Gasteiger partial charge in [-0.1, -0.05) is 24.3 Å². The molecule has 7 nitrogen and oxygen atoms in total.